The summed E-state index contributed by atoms with van der Waals surface area (Å²) in [6.45, 7) is 6.40. The number of aryl methyl sites for hydroxylation is 1. The van der Waals surface area contributed by atoms with Crippen molar-refractivity contribution in [1.29, 1.82) is 0 Å². The van der Waals surface area contributed by atoms with Crippen LogP contribution in [0.3, 0.4) is 0 Å². The van der Waals surface area contributed by atoms with Gasteiger partial charge in [-0.25, -0.2) is 0 Å². The third-order valence-corrected chi connectivity index (χ3v) is 5.53. The highest BCUT2D eigenvalue weighted by Gasteiger charge is 2.15. The highest BCUT2D eigenvalue weighted by Crippen LogP contribution is 2.35. The molecule has 0 radical (unpaired) electrons. The number of anilines is 1. The second-order valence-corrected chi connectivity index (χ2v) is 8.18. The lowest BCUT2D eigenvalue weighted by atomic mass is 9.98. The average Bonchev–Trinajstić information content (AvgIpc) is 3.25. The molecule has 3 aromatic heterocycles. The fourth-order valence-electron chi connectivity index (χ4n) is 3.03. The Kier molecular flexibility index (Phi) is 6.63. The van der Waals surface area contributed by atoms with Crippen LogP contribution < -0.4 is 14.8 Å². The predicted octanol–water partition coefficient (Wildman–Crippen LogP) is 5.63. The van der Waals surface area contributed by atoms with Gasteiger partial charge in [-0.3, -0.25) is 9.97 Å². The second kappa shape index (κ2) is 9.76. The number of aromatic nitrogens is 4. The van der Waals surface area contributed by atoms with E-state index in [1.807, 2.05) is 37.3 Å². The summed E-state index contributed by atoms with van der Waals surface area (Å²) in [5.41, 5.74) is 5.03. The van der Waals surface area contributed by atoms with Gasteiger partial charge in [0.15, 0.2) is 0 Å². The minimum Gasteiger partial charge on any atom is -0.496 e. The van der Waals surface area contributed by atoms with Gasteiger partial charge in [-0.15, -0.1) is 5.10 Å². The van der Waals surface area contributed by atoms with Gasteiger partial charge in [0, 0.05) is 34.9 Å². The summed E-state index contributed by atoms with van der Waals surface area (Å²) >= 11 is 7.13. The van der Waals surface area contributed by atoms with Gasteiger partial charge in [-0.05, 0) is 48.1 Å². The van der Waals surface area contributed by atoms with Crippen molar-refractivity contribution in [2.24, 2.45) is 0 Å². The van der Waals surface area contributed by atoms with E-state index in [-0.39, 0.29) is 6.61 Å². The zero-order valence-corrected chi connectivity index (χ0v) is 19.1. The first-order valence-electron chi connectivity index (χ1n) is 9.66. The topological polar surface area (TPSA) is 82.1 Å². The molecule has 32 heavy (non-hydrogen) atoms. The Bertz CT molecular complexity index is 1240. The standard InChI is InChI=1S/C23H20ClN5O2S/c1-14-10-19(18-6-4-5-7-21(18)30-3)20(12-25-14)15(2)27-22-28-29-23(32-22)31-13-17-9-8-16(24)11-26-17/h4-12H,2,13H2,1,3H3,(H,27,28). The Morgan fingerprint density at radius 1 is 1.09 bits per heavy atom. The Labute approximate surface area is 194 Å². The highest BCUT2D eigenvalue weighted by atomic mass is 35.5. The molecule has 0 atom stereocenters. The van der Waals surface area contributed by atoms with Gasteiger partial charge in [-0.2, -0.15) is 0 Å². The van der Waals surface area contributed by atoms with Gasteiger partial charge in [0.2, 0.25) is 5.13 Å². The molecule has 0 spiro atoms. The molecular formula is C23H20ClN5O2S. The van der Waals surface area contributed by atoms with E-state index in [1.165, 1.54) is 11.3 Å². The molecule has 0 saturated carbocycles. The minimum absolute atomic E-state index is 0.270. The average molecular weight is 466 g/mol. The maximum Gasteiger partial charge on any atom is 0.296 e. The monoisotopic (exact) mass is 465 g/mol. The Balaban J connectivity index is 1.51. The summed E-state index contributed by atoms with van der Waals surface area (Å²) < 4.78 is 11.2. The Hall–Kier alpha value is -3.49. The first-order valence-corrected chi connectivity index (χ1v) is 10.9. The normalized spacial score (nSPS) is 10.6. The molecular weight excluding hydrogens is 446 g/mol. The molecule has 0 bridgehead atoms. The summed E-state index contributed by atoms with van der Waals surface area (Å²) in [4.78, 5) is 8.64. The van der Waals surface area contributed by atoms with Crippen LogP contribution in [0.15, 0.2) is 61.4 Å². The summed E-state index contributed by atoms with van der Waals surface area (Å²) in [6.07, 6.45) is 3.36. The van der Waals surface area contributed by atoms with E-state index in [0.717, 1.165) is 33.8 Å². The molecule has 7 nitrogen and oxygen atoms in total. The van der Waals surface area contributed by atoms with Gasteiger partial charge < -0.3 is 14.8 Å². The number of halogens is 1. The quantitative estimate of drug-likeness (QED) is 0.361. The molecule has 0 saturated heterocycles. The van der Waals surface area contributed by atoms with Crippen LogP contribution in [-0.4, -0.2) is 27.3 Å². The van der Waals surface area contributed by atoms with Gasteiger partial charge in [0.05, 0.1) is 17.8 Å². The molecule has 0 amide bonds. The number of hydrogen-bond donors (Lipinski definition) is 1. The SMILES string of the molecule is C=C(Nc1nnc(OCc2ccc(Cl)cn2)s1)c1cnc(C)cc1-c1ccccc1OC. The van der Waals surface area contributed by atoms with Crippen LogP contribution in [0.4, 0.5) is 5.13 Å². The van der Waals surface area contributed by atoms with Crippen molar-refractivity contribution in [2.45, 2.75) is 13.5 Å². The number of benzene rings is 1. The number of ether oxygens (including phenoxy) is 2. The Morgan fingerprint density at radius 3 is 2.72 bits per heavy atom. The van der Waals surface area contributed by atoms with Crippen molar-refractivity contribution in [3.8, 4) is 22.1 Å². The van der Waals surface area contributed by atoms with Crippen LogP contribution in [0.25, 0.3) is 16.8 Å². The molecule has 0 fully saturated rings. The van der Waals surface area contributed by atoms with Crippen molar-refractivity contribution in [3.05, 3.63) is 83.4 Å². The summed E-state index contributed by atoms with van der Waals surface area (Å²) in [7, 11) is 1.65. The lowest BCUT2D eigenvalue weighted by molar-refractivity contribution is 0.297. The van der Waals surface area contributed by atoms with E-state index in [9.17, 15) is 0 Å². The smallest absolute Gasteiger partial charge is 0.296 e. The zero-order chi connectivity index (χ0) is 22.5. The Morgan fingerprint density at radius 2 is 1.94 bits per heavy atom. The number of rotatable bonds is 8. The number of nitrogens with one attached hydrogen (secondary N) is 1. The summed E-state index contributed by atoms with van der Waals surface area (Å²) in [6, 6.07) is 13.4. The first-order chi connectivity index (χ1) is 15.5. The predicted molar refractivity (Wildman–Crippen MR) is 127 cm³/mol. The van der Waals surface area contributed by atoms with Crippen molar-refractivity contribution in [3.63, 3.8) is 0 Å². The van der Waals surface area contributed by atoms with Crippen molar-refractivity contribution in [1.82, 2.24) is 20.2 Å². The molecule has 3 heterocycles. The molecule has 0 aliphatic carbocycles. The lowest BCUT2D eigenvalue weighted by Gasteiger charge is -2.15. The van der Waals surface area contributed by atoms with E-state index in [1.54, 1.807) is 31.6 Å². The fraction of sp³-hybridized carbons (Fsp3) is 0.130. The summed E-state index contributed by atoms with van der Waals surface area (Å²) in [5, 5.41) is 13.0. The number of pyridine rings is 2. The number of methoxy groups -OCH3 is 1. The second-order valence-electron chi connectivity index (χ2n) is 6.80. The van der Waals surface area contributed by atoms with Crippen molar-refractivity contribution < 1.29 is 9.47 Å². The third kappa shape index (κ3) is 5.04. The van der Waals surface area contributed by atoms with E-state index in [0.29, 0.717) is 21.0 Å². The largest absolute Gasteiger partial charge is 0.496 e. The van der Waals surface area contributed by atoms with Gasteiger partial charge in [0.25, 0.3) is 5.19 Å². The maximum absolute atomic E-state index is 5.86. The summed E-state index contributed by atoms with van der Waals surface area (Å²) in [5.74, 6) is 0.773. The van der Waals surface area contributed by atoms with Crippen LogP contribution in [-0.2, 0) is 6.61 Å². The number of hydrogen-bond acceptors (Lipinski definition) is 8. The molecule has 0 aliphatic rings. The molecule has 0 unspecified atom stereocenters. The molecule has 0 aliphatic heterocycles. The van der Waals surface area contributed by atoms with Gasteiger partial charge >= 0.3 is 0 Å². The van der Waals surface area contributed by atoms with Crippen molar-refractivity contribution >= 4 is 33.8 Å². The fourth-order valence-corrected chi connectivity index (χ4v) is 3.77. The van der Waals surface area contributed by atoms with Gasteiger partial charge in [-0.1, -0.05) is 41.5 Å². The molecule has 1 N–H and O–H groups in total. The van der Waals surface area contributed by atoms with E-state index in [4.69, 9.17) is 21.1 Å². The molecule has 4 rings (SSSR count). The van der Waals surface area contributed by atoms with Crippen LogP contribution in [0.1, 0.15) is 17.0 Å². The molecule has 162 valence electrons. The van der Waals surface area contributed by atoms with E-state index >= 15 is 0 Å². The van der Waals surface area contributed by atoms with Crippen LogP contribution in [0, 0.1) is 6.92 Å². The number of para-hydroxylation sites is 1. The maximum atomic E-state index is 5.86. The number of nitrogens with zero attached hydrogens (tertiary/aromatic N) is 4. The minimum atomic E-state index is 0.270. The molecule has 9 heteroatoms. The zero-order valence-electron chi connectivity index (χ0n) is 17.5. The molecule has 4 aromatic rings. The van der Waals surface area contributed by atoms with E-state index in [2.05, 4.69) is 32.1 Å². The van der Waals surface area contributed by atoms with E-state index < -0.39 is 0 Å². The van der Waals surface area contributed by atoms with Crippen LogP contribution in [0.5, 0.6) is 10.9 Å². The molecule has 1 aromatic carbocycles. The van der Waals surface area contributed by atoms with Crippen molar-refractivity contribution in [2.75, 3.05) is 12.4 Å². The highest BCUT2D eigenvalue weighted by molar-refractivity contribution is 7.17. The van der Waals surface area contributed by atoms with Crippen LogP contribution >= 0.6 is 22.9 Å². The third-order valence-electron chi connectivity index (χ3n) is 4.56. The van der Waals surface area contributed by atoms with Gasteiger partial charge in [0.1, 0.15) is 12.4 Å². The lowest BCUT2D eigenvalue weighted by Crippen LogP contribution is -2.01. The first kappa shape index (κ1) is 21.7. The van der Waals surface area contributed by atoms with Crippen LogP contribution in [0.2, 0.25) is 5.02 Å².